The van der Waals surface area contributed by atoms with Gasteiger partial charge in [0.1, 0.15) is 5.82 Å². The van der Waals surface area contributed by atoms with Gasteiger partial charge in [0.15, 0.2) is 23.0 Å². The molecule has 3 heterocycles. The molecule has 2 amide bonds. The van der Waals surface area contributed by atoms with Gasteiger partial charge in [-0.05, 0) is 30.3 Å². The van der Waals surface area contributed by atoms with Crippen LogP contribution in [-0.4, -0.2) is 55.7 Å². The Morgan fingerprint density at radius 3 is 2.74 bits per heavy atom. The van der Waals surface area contributed by atoms with Gasteiger partial charge in [-0.15, -0.1) is 11.8 Å². The summed E-state index contributed by atoms with van der Waals surface area (Å²) in [6.07, 6.45) is 0. The number of oxazole rings is 1. The molecule has 2 aromatic carbocycles. The number of aromatic nitrogens is 3. The molecule has 10 heteroatoms. The summed E-state index contributed by atoms with van der Waals surface area (Å²) in [6, 6.07) is 13.1. The third kappa shape index (κ3) is 4.05. The Bertz CT molecular complexity index is 1380. The lowest BCUT2D eigenvalue weighted by molar-refractivity contribution is 0.0731. The van der Waals surface area contributed by atoms with Gasteiger partial charge in [0, 0.05) is 37.2 Å². The second-order valence-corrected chi connectivity index (χ2v) is 9.05. The lowest BCUT2D eigenvalue weighted by atomic mass is 10.1. The Morgan fingerprint density at radius 1 is 1.18 bits per heavy atom. The van der Waals surface area contributed by atoms with E-state index in [0.29, 0.717) is 34.5 Å². The summed E-state index contributed by atoms with van der Waals surface area (Å²) in [6.45, 7) is 1.95. The van der Waals surface area contributed by atoms with Crippen molar-refractivity contribution in [3.05, 3.63) is 71.6 Å². The number of halogens is 1. The molecule has 1 atom stereocenters. The molecule has 0 spiro atoms. The topological polar surface area (TPSA) is 93.3 Å². The minimum Gasteiger partial charge on any atom is -0.440 e. The minimum absolute atomic E-state index is 0.179. The van der Waals surface area contributed by atoms with Gasteiger partial charge in [0.25, 0.3) is 11.8 Å². The molecule has 8 nitrogen and oxygen atoms in total. The molecule has 34 heavy (non-hydrogen) atoms. The number of rotatable bonds is 5. The van der Waals surface area contributed by atoms with Crippen molar-refractivity contribution < 1.29 is 18.4 Å². The van der Waals surface area contributed by atoms with Crippen LogP contribution < -0.4 is 5.32 Å². The third-order valence-electron chi connectivity index (χ3n) is 5.76. The second kappa shape index (κ2) is 8.94. The third-order valence-corrected chi connectivity index (χ3v) is 6.84. The van der Waals surface area contributed by atoms with Crippen molar-refractivity contribution >= 4 is 34.5 Å². The van der Waals surface area contributed by atoms with E-state index in [-0.39, 0.29) is 35.9 Å². The van der Waals surface area contributed by atoms with Gasteiger partial charge in [0.2, 0.25) is 0 Å². The predicted molar refractivity (Wildman–Crippen MR) is 127 cm³/mol. The molecule has 1 N–H and O–H groups in total. The summed E-state index contributed by atoms with van der Waals surface area (Å²) in [4.78, 5) is 32.3. The number of thioether (sulfide) groups is 1. The van der Waals surface area contributed by atoms with Crippen LogP contribution in [0, 0.1) is 12.7 Å². The average molecular weight is 480 g/mol. The van der Waals surface area contributed by atoms with Gasteiger partial charge in [0.05, 0.1) is 17.4 Å². The molecule has 0 saturated carbocycles. The van der Waals surface area contributed by atoms with E-state index in [4.69, 9.17) is 4.42 Å². The van der Waals surface area contributed by atoms with Gasteiger partial charge in [-0.2, -0.15) is 5.10 Å². The first-order chi connectivity index (χ1) is 16.4. The zero-order valence-corrected chi connectivity index (χ0v) is 19.4. The number of hydrogen-bond donors (Lipinski definition) is 1. The van der Waals surface area contributed by atoms with Crippen molar-refractivity contribution in [2.75, 3.05) is 18.2 Å². The first-order valence-corrected chi connectivity index (χ1v) is 11.9. The number of carbonyl (C=O) groups excluding carboxylic acids is 2. The number of hydrogen-bond acceptors (Lipinski definition) is 6. The van der Waals surface area contributed by atoms with Crippen molar-refractivity contribution in [3.8, 4) is 11.3 Å². The molecular formula is C24H22FN5O3S. The van der Waals surface area contributed by atoms with Crippen molar-refractivity contribution in [2.24, 2.45) is 7.05 Å². The standard InChI is InChI=1S/C24H22FN5O3S/c1-14-27-21(22(33-14)15-7-9-16(25)10-8-15)24(32)30-13-34-12-17(30)11-26-23(31)20-18-5-3-4-6-19(18)29(2)28-20/h3-10,17H,11-13H2,1-2H3,(H,26,31)/t17-/m1/s1. The maximum absolute atomic E-state index is 13.4. The van der Waals surface area contributed by atoms with E-state index >= 15 is 0 Å². The minimum atomic E-state index is -0.375. The molecule has 4 aromatic rings. The lowest BCUT2D eigenvalue weighted by Gasteiger charge is -2.23. The fourth-order valence-corrected chi connectivity index (χ4v) is 5.26. The zero-order chi connectivity index (χ0) is 23.8. The smallest absolute Gasteiger partial charge is 0.277 e. The molecule has 1 fully saturated rings. The number of aryl methyl sites for hydroxylation is 2. The van der Waals surface area contributed by atoms with Gasteiger partial charge < -0.3 is 14.6 Å². The average Bonchev–Trinajstić information content (AvgIpc) is 3.55. The van der Waals surface area contributed by atoms with Crippen LogP contribution in [0.5, 0.6) is 0 Å². The van der Waals surface area contributed by atoms with Gasteiger partial charge in [-0.1, -0.05) is 18.2 Å². The van der Waals surface area contributed by atoms with Gasteiger partial charge in [-0.3, -0.25) is 14.3 Å². The first-order valence-electron chi connectivity index (χ1n) is 10.7. The summed E-state index contributed by atoms with van der Waals surface area (Å²) < 4.78 is 20.7. The molecule has 0 bridgehead atoms. The second-order valence-electron chi connectivity index (χ2n) is 8.05. The van der Waals surface area contributed by atoms with E-state index in [9.17, 15) is 14.0 Å². The first kappa shape index (κ1) is 22.1. The number of para-hydroxylation sites is 1. The fraction of sp³-hybridized carbons (Fsp3) is 0.250. The highest BCUT2D eigenvalue weighted by Crippen LogP contribution is 2.29. The lowest BCUT2D eigenvalue weighted by Crippen LogP contribution is -2.44. The molecule has 5 rings (SSSR count). The summed E-state index contributed by atoms with van der Waals surface area (Å²) >= 11 is 1.60. The summed E-state index contributed by atoms with van der Waals surface area (Å²) in [5.41, 5.74) is 1.98. The van der Waals surface area contributed by atoms with Crippen molar-refractivity contribution in [2.45, 2.75) is 13.0 Å². The number of amides is 2. The highest BCUT2D eigenvalue weighted by molar-refractivity contribution is 7.99. The molecule has 1 aliphatic rings. The normalized spacial score (nSPS) is 15.7. The van der Waals surface area contributed by atoms with Crippen LogP contribution in [0.15, 0.2) is 52.9 Å². The van der Waals surface area contributed by atoms with Crippen LogP contribution >= 0.6 is 11.8 Å². The van der Waals surface area contributed by atoms with E-state index in [0.717, 1.165) is 10.9 Å². The molecule has 174 valence electrons. The summed E-state index contributed by atoms with van der Waals surface area (Å²) in [7, 11) is 1.80. The number of nitrogens with zero attached hydrogens (tertiary/aromatic N) is 4. The largest absolute Gasteiger partial charge is 0.440 e. The molecule has 0 aliphatic carbocycles. The number of benzene rings is 2. The van der Waals surface area contributed by atoms with E-state index in [1.54, 1.807) is 47.4 Å². The molecule has 2 aromatic heterocycles. The highest BCUT2D eigenvalue weighted by Gasteiger charge is 2.34. The highest BCUT2D eigenvalue weighted by atomic mass is 32.2. The maximum Gasteiger partial charge on any atom is 0.277 e. The summed E-state index contributed by atoms with van der Waals surface area (Å²) in [5, 5.41) is 8.07. The molecule has 1 aliphatic heterocycles. The predicted octanol–water partition coefficient (Wildman–Crippen LogP) is 3.62. The van der Waals surface area contributed by atoms with Crippen LogP contribution in [0.4, 0.5) is 4.39 Å². The number of nitrogens with one attached hydrogen (secondary N) is 1. The van der Waals surface area contributed by atoms with Crippen LogP contribution in [0.3, 0.4) is 0 Å². The van der Waals surface area contributed by atoms with Crippen molar-refractivity contribution in [3.63, 3.8) is 0 Å². The molecule has 0 unspecified atom stereocenters. The maximum atomic E-state index is 13.4. The molecule has 1 saturated heterocycles. The molecular weight excluding hydrogens is 457 g/mol. The monoisotopic (exact) mass is 479 g/mol. The number of fused-ring (bicyclic) bond motifs is 1. The Morgan fingerprint density at radius 2 is 1.94 bits per heavy atom. The molecule has 0 radical (unpaired) electrons. The Labute approximate surface area is 199 Å². The van der Waals surface area contributed by atoms with Crippen molar-refractivity contribution in [1.82, 2.24) is 25.0 Å². The van der Waals surface area contributed by atoms with Gasteiger partial charge in [-0.25, -0.2) is 9.37 Å². The zero-order valence-electron chi connectivity index (χ0n) is 18.6. The van der Waals surface area contributed by atoms with Crippen molar-refractivity contribution in [1.29, 1.82) is 0 Å². The Hall–Kier alpha value is -3.66. The Kier molecular flexibility index (Phi) is 5.82. The fourth-order valence-electron chi connectivity index (χ4n) is 4.06. The van der Waals surface area contributed by atoms with Gasteiger partial charge >= 0.3 is 0 Å². The Balaban J connectivity index is 1.33. The van der Waals surface area contributed by atoms with Crippen LogP contribution in [0.1, 0.15) is 26.9 Å². The quantitative estimate of drug-likeness (QED) is 0.470. The van der Waals surface area contributed by atoms with E-state index < -0.39 is 0 Å². The van der Waals surface area contributed by atoms with E-state index in [1.165, 1.54) is 12.1 Å². The van der Waals surface area contributed by atoms with E-state index in [2.05, 4.69) is 15.4 Å². The number of carbonyl (C=O) groups is 2. The van der Waals surface area contributed by atoms with Crippen LogP contribution in [-0.2, 0) is 7.05 Å². The van der Waals surface area contributed by atoms with Crippen LogP contribution in [0.25, 0.3) is 22.2 Å². The summed E-state index contributed by atoms with van der Waals surface area (Å²) in [5.74, 6) is 0.858. The van der Waals surface area contributed by atoms with E-state index in [1.807, 2.05) is 24.3 Å². The SMILES string of the molecule is Cc1nc(C(=O)N2CSC[C@H]2CNC(=O)c2nn(C)c3ccccc23)c(-c2ccc(F)cc2)o1. The van der Waals surface area contributed by atoms with Crippen LogP contribution in [0.2, 0.25) is 0 Å².